The number of anilines is 1. The molecule has 20 heavy (non-hydrogen) atoms. The largest absolute Gasteiger partial charge is 0.399 e. The number of aromatic nitrogens is 4. The molecule has 0 saturated heterocycles. The van der Waals surface area contributed by atoms with Crippen LogP contribution < -0.4 is 11.5 Å². The van der Waals surface area contributed by atoms with Crippen molar-refractivity contribution in [2.75, 3.05) is 5.73 Å². The summed E-state index contributed by atoms with van der Waals surface area (Å²) in [5.41, 5.74) is 13.3. The number of amides is 1. The Morgan fingerprint density at radius 2 is 2.05 bits per heavy atom. The Morgan fingerprint density at radius 3 is 2.75 bits per heavy atom. The monoisotopic (exact) mass is 286 g/mol. The van der Waals surface area contributed by atoms with Crippen molar-refractivity contribution in [2.45, 2.75) is 10.2 Å². The molecule has 100 valence electrons. The highest BCUT2D eigenvalue weighted by Gasteiger charge is 2.08. The average Bonchev–Trinajstić information content (AvgIpc) is 2.80. The molecule has 2 heterocycles. The van der Waals surface area contributed by atoms with E-state index in [0.29, 0.717) is 15.9 Å². The van der Waals surface area contributed by atoms with Gasteiger partial charge in [-0.05, 0) is 42.1 Å². The Labute approximate surface area is 117 Å². The second-order valence-electron chi connectivity index (χ2n) is 4.04. The minimum Gasteiger partial charge on any atom is -0.399 e. The Balaban J connectivity index is 1.87. The first kappa shape index (κ1) is 12.4. The van der Waals surface area contributed by atoms with Crippen LogP contribution in [0.4, 0.5) is 5.69 Å². The highest BCUT2D eigenvalue weighted by atomic mass is 32.2. The molecule has 0 aliphatic rings. The summed E-state index contributed by atoms with van der Waals surface area (Å²) in [6.45, 7) is 0. The van der Waals surface area contributed by atoms with Gasteiger partial charge in [0.1, 0.15) is 5.03 Å². The van der Waals surface area contributed by atoms with Gasteiger partial charge in [-0.25, -0.2) is 4.98 Å². The van der Waals surface area contributed by atoms with Gasteiger partial charge in [-0.1, -0.05) is 0 Å². The van der Waals surface area contributed by atoms with E-state index in [1.807, 2.05) is 12.1 Å². The van der Waals surface area contributed by atoms with Gasteiger partial charge in [0.25, 0.3) is 5.91 Å². The predicted octanol–water partition coefficient (Wildman–Crippen LogP) is 1.19. The molecule has 0 aliphatic heterocycles. The van der Waals surface area contributed by atoms with Crippen LogP contribution in [-0.4, -0.2) is 26.1 Å². The number of aromatic amines is 1. The number of primary amides is 1. The lowest BCUT2D eigenvalue weighted by Crippen LogP contribution is -2.13. The Bertz CT molecular complexity index is 782. The van der Waals surface area contributed by atoms with Crippen molar-refractivity contribution in [3.8, 4) is 0 Å². The van der Waals surface area contributed by atoms with Crippen LogP contribution in [0, 0.1) is 0 Å². The van der Waals surface area contributed by atoms with E-state index >= 15 is 0 Å². The Kier molecular flexibility index (Phi) is 2.99. The number of hydrogen-bond donors (Lipinski definition) is 3. The fraction of sp³-hybridized carbons (Fsp3) is 0. The van der Waals surface area contributed by atoms with E-state index in [1.54, 1.807) is 12.1 Å². The molecule has 0 radical (unpaired) electrons. The lowest BCUT2D eigenvalue weighted by Gasteiger charge is -1.96. The molecule has 1 aromatic carbocycles. The molecule has 3 aromatic rings. The molecular weight excluding hydrogens is 276 g/mol. The first-order valence-electron chi connectivity index (χ1n) is 5.68. The number of nitrogens with zero attached hydrogens (tertiary/aromatic N) is 3. The van der Waals surface area contributed by atoms with Crippen LogP contribution in [0.15, 0.2) is 40.5 Å². The smallest absolute Gasteiger partial charge is 0.269 e. The summed E-state index contributed by atoms with van der Waals surface area (Å²) in [6.07, 6.45) is 0. The highest BCUT2D eigenvalue weighted by Crippen LogP contribution is 2.25. The number of imidazole rings is 1. The van der Waals surface area contributed by atoms with Crippen molar-refractivity contribution < 1.29 is 4.79 Å². The summed E-state index contributed by atoms with van der Waals surface area (Å²) < 4.78 is 0. The second kappa shape index (κ2) is 4.82. The lowest BCUT2D eigenvalue weighted by atomic mass is 10.3. The minimum atomic E-state index is -0.603. The van der Waals surface area contributed by atoms with Gasteiger partial charge in [0, 0.05) is 5.69 Å². The summed E-state index contributed by atoms with van der Waals surface area (Å²) in [7, 11) is 0. The average molecular weight is 286 g/mol. The van der Waals surface area contributed by atoms with Gasteiger partial charge in [-0.3, -0.25) is 4.79 Å². The third kappa shape index (κ3) is 2.41. The fourth-order valence-corrected chi connectivity index (χ4v) is 2.38. The first-order valence-corrected chi connectivity index (χ1v) is 6.50. The fourth-order valence-electron chi connectivity index (χ4n) is 1.66. The van der Waals surface area contributed by atoms with Crippen LogP contribution in [0.3, 0.4) is 0 Å². The molecule has 0 bridgehead atoms. The lowest BCUT2D eigenvalue weighted by molar-refractivity contribution is 0.0994. The third-order valence-corrected chi connectivity index (χ3v) is 3.39. The number of nitrogen functional groups attached to an aromatic ring is 1. The van der Waals surface area contributed by atoms with Crippen LogP contribution >= 0.6 is 11.8 Å². The number of hydrogen-bond acceptors (Lipinski definition) is 6. The number of nitrogens with one attached hydrogen (secondary N) is 1. The van der Waals surface area contributed by atoms with Crippen molar-refractivity contribution >= 4 is 34.4 Å². The van der Waals surface area contributed by atoms with Crippen molar-refractivity contribution in [1.82, 2.24) is 20.2 Å². The van der Waals surface area contributed by atoms with Crippen molar-refractivity contribution in [2.24, 2.45) is 5.73 Å². The topological polar surface area (TPSA) is 124 Å². The molecule has 1 amide bonds. The molecule has 0 atom stereocenters. The number of benzene rings is 1. The third-order valence-electron chi connectivity index (χ3n) is 2.58. The predicted molar refractivity (Wildman–Crippen MR) is 75.2 cm³/mol. The molecule has 8 heteroatoms. The van der Waals surface area contributed by atoms with Crippen LogP contribution in [0.5, 0.6) is 0 Å². The van der Waals surface area contributed by atoms with E-state index in [0.717, 1.165) is 11.0 Å². The quantitative estimate of drug-likeness (QED) is 0.621. The first-order chi connectivity index (χ1) is 9.61. The number of nitrogens with two attached hydrogens (primary N) is 2. The molecule has 0 aliphatic carbocycles. The Hall–Kier alpha value is -2.61. The van der Waals surface area contributed by atoms with Crippen LogP contribution in [0.2, 0.25) is 0 Å². The molecular formula is C12H10N6OS. The van der Waals surface area contributed by atoms with Gasteiger partial charge in [0.2, 0.25) is 0 Å². The van der Waals surface area contributed by atoms with Gasteiger partial charge in [0.05, 0.1) is 11.0 Å². The van der Waals surface area contributed by atoms with Crippen molar-refractivity contribution in [1.29, 1.82) is 0 Å². The Morgan fingerprint density at radius 1 is 1.20 bits per heavy atom. The number of carbonyl (C=O) groups excluding carboxylic acids is 1. The zero-order valence-corrected chi connectivity index (χ0v) is 11.0. The standard InChI is InChI=1S/C12H10N6OS/c13-6-1-2-7-9(5-6)16-12(15-7)20-10-4-3-8(11(14)19)17-18-10/h1-5H,13H2,(H2,14,19)(H,15,16). The van der Waals surface area contributed by atoms with Gasteiger partial charge in [0.15, 0.2) is 10.9 Å². The van der Waals surface area contributed by atoms with Gasteiger partial charge < -0.3 is 16.5 Å². The van der Waals surface area contributed by atoms with E-state index in [2.05, 4.69) is 20.2 Å². The molecule has 5 N–H and O–H groups in total. The maximum atomic E-state index is 10.9. The molecule has 0 fully saturated rings. The normalized spacial score (nSPS) is 10.8. The zero-order chi connectivity index (χ0) is 14.1. The number of H-pyrrole nitrogens is 1. The zero-order valence-electron chi connectivity index (χ0n) is 10.2. The van der Waals surface area contributed by atoms with E-state index in [-0.39, 0.29) is 5.69 Å². The van der Waals surface area contributed by atoms with Gasteiger partial charge in [-0.15, -0.1) is 10.2 Å². The molecule has 0 saturated carbocycles. The van der Waals surface area contributed by atoms with E-state index in [1.165, 1.54) is 17.8 Å². The number of fused-ring (bicyclic) bond motifs is 1. The second-order valence-corrected chi connectivity index (χ2v) is 5.05. The van der Waals surface area contributed by atoms with Crippen LogP contribution in [-0.2, 0) is 0 Å². The molecule has 0 unspecified atom stereocenters. The van der Waals surface area contributed by atoms with E-state index < -0.39 is 5.91 Å². The van der Waals surface area contributed by atoms with Crippen molar-refractivity contribution in [3.05, 3.63) is 36.0 Å². The highest BCUT2D eigenvalue weighted by molar-refractivity contribution is 7.99. The number of carbonyl (C=O) groups is 1. The van der Waals surface area contributed by atoms with Gasteiger partial charge in [-0.2, -0.15) is 0 Å². The summed E-state index contributed by atoms with van der Waals surface area (Å²) in [4.78, 5) is 18.4. The summed E-state index contributed by atoms with van der Waals surface area (Å²) in [5.74, 6) is -0.603. The van der Waals surface area contributed by atoms with E-state index in [4.69, 9.17) is 11.5 Å². The maximum absolute atomic E-state index is 10.9. The molecule has 0 spiro atoms. The maximum Gasteiger partial charge on any atom is 0.269 e. The minimum absolute atomic E-state index is 0.131. The summed E-state index contributed by atoms with van der Waals surface area (Å²) in [6, 6.07) is 8.64. The molecule has 7 nitrogen and oxygen atoms in total. The van der Waals surface area contributed by atoms with Crippen molar-refractivity contribution in [3.63, 3.8) is 0 Å². The SMILES string of the molecule is NC(=O)c1ccc(Sc2nc3ccc(N)cc3[nH]2)nn1. The van der Waals surface area contributed by atoms with Crippen LogP contribution in [0.1, 0.15) is 10.5 Å². The van der Waals surface area contributed by atoms with Crippen LogP contribution in [0.25, 0.3) is 11.0 Å². The van der Waals surface area contributed by atoms with Gasteiger partial charge >= 0.3 is 0 Å². The number of rotatable bonds is 3. The summed E-state index contributed by atoms with van der Waals surface area (Å²) in [5, 5.41) is 8.93. The summed E-state index contributed by atoms with van der Waals surface area (Å²) >= 11 is 1.31. The molecule has 3 rings (SSSR count). The molecule has 2 aromatic heterocycles. The van der Waals surface area contributed by atoms with E-state index in [9.17, 15) is 4.79 Å².